The summed E-state index contributed by atoms with van der Waals surface area (Å²) in [5, 5.41) is 66.3. The molecule has 0 aromatic heterocycles. The minimum absolute atomic E-state index is 0.0589. The van der Waals surface area contributed by atoms with Gasteiger partial charge in [-0.05, 0) is 18.6 Å². The summed E-state index contributed by atoms with van der Waals surface area (Å²) < 4.78 is 10.8. The van der Waals surface area contributed by atoms with Crippen molar-refractivity contribution in [1.29, 1.82) is 0 Å². The van der Waals surface area contributed by atoms with Gasteiger partial charge in [-0.25, -0.2) is 0 Å². The lowest BCUT2D eigenvalue weighted by Gasteiger charge is -2.64. The molecular formula is C14H14O8. The summed E-state index contributed by atoms with van der Waals surface area (Å²) in [5.41, 5.74) is -8.96. The number of rotatable bonds is 0. The van der Waals surface area contributed by atoms with E-state index < -0.39 is 51.9 Å². The highest BCUT2D eigenvalue weighted by Gasteiger charge is 3.01. The Bertz CT molecular complexity index is 734. The van der Waals surface area contributed by atoms with Crippen molar-refractivity contribution in [1.82, 2.24) is 0 Å². The minimum Gasteiger partial charge on any atom is -0.485 e. The SMILES string of the molecule is OC12OC3(O)C4(O)C=CCC4(O)C4C1C1=CC4(O)C3(O)C2O1. The Hall–Kier alpha value is -1.00. The van der Waals surface area contributed by atoms with Crippen LogP contribution in [0.3, 0.4) is 0 Å². The van der Waals surface area contributed by atoms with Crippen LogP contribution in [0.5, 0.6) is 0 Å². The predicted octanol–water partition coefficient (Wildman–Crippen LogP) is -3.17. The zero-order valence-electron chi connectivity index (χ0n) is 11.2. The van der Waals surface area contributed by atoms with Crippen molar-refractivity contribution >= 4 is 0 Å². The van der Waals surface area contributed by atoms with Crippen LogP contribution >= 0.6 is 0 Å². The van der Waals surface area contributed by atoms with Gasteiger partial charge in [0.15, 0.2) is 17.3 Å². The average Bonchev–Trinajstić information content (AvgIpc) is 2.99. The van der Waals surface area contributed by atoms with Crippen molar-refractivity contribution in [3.63, 3.8) is 0 Å². The first-order valence-electron chi connectivity index (χ1n) is 7.22. The molecule has 2 aliphatic heterocycles. The Labute approximate surface area is 123 Å². The van der Waals surface area contributed by atoms with Crippen molar-refractivity contribution in [3.05, 3.63) is 24.0 Å². The summed E-state index contributed by atoms with van der Waals surface area (Å²) in [7, 11) is 0. The molecule has 8 nitrogen and oxygen atoms in total. The van der Waals surface area contributed by atoms with Crippen molar-refractivity contribution in [2.45, 2.75) is 46.5 Å². The average molecular weight is 310 g/mol. The van der Waals surface area contributed by atoms with Gasteiger partial charge in [0.2, 0.25) is 11.6 Å². The van der Waals surface area contributed by atoms with Crippen molar-refractivity contribution in [2.24, 2.45) is 11.8 Å². The highest BCUT2D eigenvalue weighted by atomic mass is 16.8. The van der Waals surface area contributed by atoms with E-state index in [9.17, 15) is 30.6 Å². The van der Waals surface area contributed by atoms with Crippen LogP contribution in [0.15, 0.2) is 24.0 Å². The van der Waals surface area contributed by atoms with Gasteiger partial charge in [-0.2, -0.15) is 0 Å². The number of hydrogen-bond donors (Lipinski definition) is 6. The molecule has 2 saturated heterocycles. The second kappa shape index (κ2) is 2.57. The van der Waals surface area contributed by atoms with Gasteiger partial charge in [0.1, 0.15) is 17.0 Å². The summed E-state index contributed by atoms with van der Waals surface area (Å²) in [6.07, 6.45) is 2.34. The van der Waals surface area contributed by atoms with E-state index in [0.717, 1.165) is 6.08 Å². The fourth-order valence-corrected chi connectivity index (χ4v) is 6.06. The molecule has 6 aliphatic rings. The van der Waals surface area contributed by atoms with E-state index in [2.05, 4.69) is 0 Å². The van der Waals surface area contributed by atoms with E-state index in [4.69, 9.17) is 9.47 Å². The fraction of sp³-hybridized carbons (Fsp3) is 0.714. The smallest absolute Gasteiger partial charge is 0.241 e. The van der Waals surface area contributed by atoms with Gasteiger partial charge < -0.3 is 40.1 Å². The lowest BCUT2D eigenvalue weighted by atomic mass is 9.46. The highest BCUT2D eigenvalue weighted by Crippen LogP contribution is 2.79. The van der Waals surface area contributed by atoms with Crippen molar-refractivity contribution in [3.8, 4) is 0 Å². The van der Waals surface area contributed by atoms with Gasteiger partial charge >= 0.3 is 0 Å². The van der Waals surface area contributed by atoms with Crippen LogP contribution in [-0.2, 0) is 9.47 Å². The molecule has 22 heavy (non-hydrogen) atoms. The van der Waals surface area contributed by atoms with Gasteiger partial charge in [-0.15, -0.1) is 0 Å². The summed E-state index contributed by atoms with van der Waals surface area (Å²) in [4.78, 5) is 0. The van der Waals surface area contributed by atoms with Crippen LogP contribution < -0.4 is 0 Å². The third kappa shape index (κ3) is 0.668. The Morgan fingerprint density at radius 3 is 2.55 bits per heavy atom. The molecule has 9 atom stereocenters. The van der Waals surface area contributed by atoms with Gasteiger partial charge in [-0.3, -0.25) is 0 Å². The lowest BCUT2D eigenvalue weighted by molar-refractivity contribution is -0.419. The van der Waals surface area contributed by atoms with E-state index in [-0.39, 0.29) is 12.2 Å². The molecule has 4 fully saturated rings. The largest absolute Gasteiger partial charge is 0.485 e. The number of aliphatic hydroxyl groups is 6. The van der Waals surface area contributed by atoms with Gasteiger partial charge in [0.05, 0.1) is 5.92 Å². The molecular weight excluding hydrogens is 296 g/mol. The van der Waals surface area contributed by atoms with Gasteiger partial charge in [0, 0.05) is 5.92 Å². The highest BCUT2D eigenvalue weighted by molar-refractivity contribution is 5.55. The third-order valence-electron chi connectivity index (χ3n) is 6.85. The molecule has 0 aromatic carbocycles. The second-order valence-electron chi connectivity index (χ2n) is 7.39. The monoisotopic (exact) mass is 310 g/mol. The molecule has 118 valence electrons. The third-order valence-corrected chi connectivity index (χ3v) is 6.85. The maximum atomic E-state index is 11.2. The second-order valence-corrected chi connectivity index (χ2v) is 7.39. The topological polar surface area (TPSA) is 140 Å². The van der Waals surface area contributed by atoms with Gasteiger partial charge in [0.25, 0.3) is 0 Å². The molecule has 2 heterocycles. The summed E-state index contributed by atoms with van der Waals surface area (Å²) in [6.45, 7) is 0. The molecule has 0 spiro atoms. The van der Waals surface area contributed by atoms with Crippen LogP contribution in [0.4, 0.5) is 0 Å². The molecule has 0 aromatic rings. The number of ether oxygens (including phenoxy) is 2. The van der Waals surface area contributed by atoms with E-state index in [0.29, 0.717) is 0 Å². The molecule has 6 N–H and O–H groups in total. The van der Waals surface area contributed by atoms with Gasteiger partial charge in [-0.1, -0.05) is 6.08 Å². The molecule has 0 amide bonds. The first-order chi connectivity index (χ1) is 10.1. The fourth-order valence-electron chi connectivity index (χ4n) is 6.06. The zero-order valence-corrected chi connectivity index (χ0v) is 11.2. The van der Waals surface area contributed by atoms with Crippen LogP contribution in [-0.4, -0.2) is 70.7 Å². The lowest BCUT2D eigenvalue weighted by Crippen LogP contribution is -2.89. The Morgan fingerprint density at radius 1 is 1.09 bits per heavy atom. The first-order valence-corrected chi connectivity index (χ1v) is 7.22. The van der Waals surface area contributed by atoms with Crippen molar-refractivity contribution < 1.29 is 40.1 Å². The molecule has 6 bridgehead atoms. The van der Waals surface area contributed by atoms with Crippen LogP contribution in [0, 0.1) is 11.8 Å². The minimum atomic E-state index is -2.82. The Kier molecular flexibility index (Phi) is 1.45. The molecule has 6 rings (SSSR count). The summed E-state index contributed by atoms with van der Waals surface area (Å²) >= 11 is 0. The first kappa shape index (κ1) is 12.4. The van der Waals surface area contributed by atoms with E-state index in [1.807, 2.05) is 0 Å². The maximum absolute atomic E-state index is 11.2. The predicted molar refractivity (Wildman–Crippen MR) is 64.5 cm³/mol. The normalized spacial score (nSPS) is 74.6. The molecule has 8 heteroatoms. The van der Waals surface area contributed by atoms with E-state index >= 15 is 0 Å². The van der Waals surface area contributed by atoms with E-state index in [1.54, 1.807) is 0 Å². The Balaban J connectivity index is 1.81. The molecule has 4 aliphatic carbocycles. The number of hydrogen-bond acceptors (Lipinski definition) is 8. The molecule has 2 saturated carbocycles. The standard InChI is InChI=1S/C14H14O8/c15-9-2-1-3-11(9,17)14(20)13(19)8-12(18,22-14)6-5(21-8)4-10(13,16)7(6)9/h1,3-4,6-8,15-20H,2H2. The van der Waals surface area contributed by atoms with Crippen LogP contribution in [0.1, 0.15) is 6.42 Å². The molecule has 0 radical (unpaired) electrons. The quantitative estimate of drug-likeness (QED) is 0.258. The van der Waals surface area contributed by atoms with Crippen LogP contribution in [0.2, 0.25) is 0 Å². The number of fused-ring (bicyclic) bond motifs is 2. The maximum Gasteiger partial charge on any atom is 0.241 e. The van der Waals surface area contributed by atoms with E-state index in [1.165, 1.54) is 12.2 Å². The van der Waals surface area contributed by atoms with Crippen molar-refractivity contribution in [2.75, 3.05) is 0 Å². The zero-order chi connectivity index (χ0) is 15.6. The molecule has 9 unspecified atom stereocenters. The summed E-state index contributed by atoms with van der Waals surface area (Å²) in [5.74, 6) is -6.88. The van der Waals surface area contributed by atoms with Crippen LogP contribution in [0.25, 0.3) is 0 Å². The summed E-state index contributed by atoms with van der Waals surface area (Å²) in [6, 6.07) is 0. The Morgan fingerprint density at radius 2 is 1.82 bits per heavy atom.